The van der Waals surface area contributed by atoms with Crippen LogP contribution in [0.3, 0.4) is 0 Å². The molecule has 1 aromatic rings. The predicted octanol–water partition coefficient (Wildman–Crippen LogP) is 2.34. The van der Waals surface area contributed by atoms with Crippen LogP contribution in [0, 0.1) is 5.41 Å². The van der Waals surface area contributed by atoms with Crippen LogP contribution in [0.4, 0.5) is 0 Å². The minimum atomic E-state index is 0.253. The minimum Gasteiger partial charge on any atom is -0.314 e. The van der Waals surface area contributed by atoms with Gasteiger partial charge in [-0.2, -0.15) is 4.80 Å². The van der Waals surface area contributed by atoms with E-state index in [0.717, 1.165) is 25.2 Å². The van der Waals surface area contributed by atoms with Gasteiger partial charge < -0.3 is 5.32 Å². The first kappa shape index (κ1) is 16.1. The van der Waals surface area contributed by atoms with Crippen molar-refractivity contribution in [3.63, 3.8) is 0 Å². The molecule has 5 nitrogen and oxygen atoms in total. The maximum Gasteiger partial charge on any atom is 0.175 e. The lowest BCUT2D eigenvalue weighted by Gasteiger charge is -2.33. The Balaban J connectivity index is 2.75. The van der Waals surface area contributed by atoms with Gasteiger partial charge in [-0.3, -0.25) is 0 Å². The van der Waals surface area contributed by atoms with E-state index in [0.29, 0.717) is 6.04 Å². The lowest BCUT2D eigenvalue weighted by molar-refractivity contribution is 0.218. The lowest BCUT2D eigenvalue weighted by atomic mass is 9.77. The average molecular weight is 267 g/mol. The van der Waals surface area contributed by atoms with Crippen LogP contribution in [0.15, 0.2) is 0 Å². The molecule has 0 aliphatic rings. The normalized spacial score (nSPS) is 14.8. The van der Waals surface area contributed by atoms with Gasteiger partial charge in [-0.15, -0.1) is 10.2 Å². The van der Waals surface area contributed by atoms with E-state index >= 15 is 0 Å². The Morgan fingerprint density at radius 3 is 2.53 bits per heavy atom. The molecule has 110 valence electrons. The molecule has 1 atom stereocenters. The van der Waals surface area contributed by atoms with Crippen LogP contribution in [0.2, 0.25) is 0 Å². The summed E-state index contributed by atoms with van der Waals surface area (Å²) < 4.78 is 0. The number of aromatic nitrogens is 4. The summed E-state index contributed by atoms with van der Waals surface area (Å²) in [5.41, 5.74) is 0.253. The van der Waals surface area contributed by atoms with E-state index in [1.165, 1.54) is 19.3 Å². The van der Waals surface area contributed by atoms with Crippen LogP contribution in [-0.2, 0) is 13.5 Å². The number of hydrogen-bond acceptors (Lipinski definition) is 4. The topological polar surface area (TPSA) is 55.6 Å². The third kappa shape index (κ3) is 5.27. The van der Waals surface area contributed by atoms with Gasteiger partial charge in [0.15, 0.2) is 5.82 Å². The van der Waals surface area contributed by atoms with Crippen molar-refractivity contribution in [1.29, 1.82) is 0 Å². The molecular weight excluding hydrogens is 238 g/mol. The zero-order valence-electron chi connectivity index (χ0n) is 13.1. The lowest BCUT2D eigenvalue weighted by Crippen LogP contribution is -2.39. The van der Waals surface area contributed by atoms with Crippen LogP contribution in [0.25, 0.3) is 0 Å². The molecule has 0 saturated heterocycles. The van der Waals surface area contributed by atoms with Gasteiger partial charge in [-0.05, 0) is 23.5 Å². The molecule has 0 aromatic carbocycles. The van der Waals surface area contributed by atoms with Gasteiger partial charge in [0.25, 0.3) is 0 Å². The van der Waals surface area contributed by atoms with Crippen molar-refractivity contribution >= 4 is 0 Å². The predicted molar refractivity (Wildman–Crippen MR) is 77.9 cm³/mol. The molecule has 0 radical (unpaired) electrons. The number of nitrogens with one attached hydrogen (secondary N) is 1. The Morgan fingerprint density at radius 2 is 2.05 bits per heavy atom. The molecule has 5 heteroatoms. The van der Waals surface area contributed by atoms with E-state index < -0.39 is 0 Å². The van der Waals surface area contributed by atoms with Crippen molar-refractivity contribution in [2.24, 2.45) is 12.5 Å². The van der Waals surface area contributed by atoms with E-state index in [-0.39, 0.29) is 5.41 Å². The largest absolute Gasteiger partial charge is 0.314 e. The molecule has 0 fully saturated rings. The Bertz CT molecular complexity index is 360. The maximum atomic E-state index is 4.35. The molecule has 1 unspecified atom stereocenters. The molecule has 0 aliphatic carbocycles. The second-order valence-electron chi connectivity index (χ2n) is 5.86. The van der Waals surface area contributed by atoms with E-state index in [2.05, 4.69) is 48.4 Å². The fourth-order valence-corrected chi connectivity index (χ4v) is 2.37. The van der Waals surface area contributed by atoms with Gasteiger partial charge in [0.2, 0.25) is 0 Å². The van der Waals surface area contributed by atoms with Gasteiger partial charge in [0, 0.05) is 19.0 Å². The molecule has 0 bridgehead atoms. The highest BCUT2D eigenvalue weighted by Crippen LogP contribution is 2.31. The first-order valence-corrected chi connectivity index (χ1v) is 7.47. The monoisotopic (exact) mass is 267 g/mol. The summed E-state index contributed by atoms with van der Waals surface area (Å²) in [6.45, 7) is 9.94. The Hall–Kier alpha value is -0.970. The molecule has 19 heavy (non-hydrogen) atoms. The van der Waals surface area contributed by atoms with Crippen molar-refractivity contribution < 1.29 is 0 Å². The van der Waals surface area contributed by atoms with Gasteiger partial charge in [0.05, 0.1) is 7.05 Å². The Kier molecular flexibility index (Phi) is 6.42. The molecule has 1 N–H and O–H groups in total. The number of nitrogens with zero attached hydrogens (tertiary/aromatic N) is 4. The van der Waals surface area contributed by atoms with Crippen LogP contribution in [0.1, 0.15) is 59.2 Å². The van der Waals surface area contributed by atoms with Crippen LogP contribution in [-0.4, -0.2) is 32.8 Å². The average Bonchev–Trinajstić information content (AvgIpc) is 2.78. The summed E-state index contributed by atoms with van der Waals surface area (Å²) in [6.07, 6.45) is 5.77. The van der Waals surface area contributed by atoms with Crippen molar-refractivity contribution in [2.75, 3.05) is 6.54 Å². The quantitative estimate of drug-likeness (QED) is 0.746. The third-order valence-electron chi connectivity index (χ3n) is 3.78. The fourth-order valence-electron chi connectivity index (χ4n) is 2.37. The minimum absolute atomic E-state index is 0.253. The van der Waals surface area contributed by atoms with Crippen LogP contribution < -0.4 is 5.32 Å². The van der Waals surface area contributed by atoms with Crippen molar-refractivity contribution in [2.45, 2.75) is 65.8 Å². The molecule has 1 aromatic heterocycles. The number of aryl methyl sites for hydroxylation is 1. The Morgan fingerprint density at radius 1 is 1.32 bits per heavy atom. The van der Waals surface area contributed by atoms with Crippen molar-refractivity contribution in [3.05, 3.63) is 5.82 Å². The van der Waals surface area contributed by atoms with E-state index in [1.807, 2.05) is 7.05 Å². The second kappa shape index (κ2) is 7.58. The standard InChI is InChI=1S/C14H29N5/c1-6-8-9-14(7-2,11-15-12(3)4)10-13-16-18-19(5)17-13/h12,15H,6-11H2,1-5H3. The highest BCUT2D eigenvalue weighted by atomic mass is 15.6. The number of tetrazole rings is 1. The highest BCUT2D eigenvalue weighted by molar-refractivity contribution is 4.92. The summed E-state index contributed by atoms with van der Waals surface area (Å²) in [4.78, 5) is 1.55. The molecule has 0 aliphatic heterocycles. The van der Waals surface area contributed by atoms with Gasteiger partial charge in [-0.25, -0.2) is 0 Å². The van der Waals surface area contributed by atoms with Crippen LogP contribution in [0.5, 0.6) is 0 Å². The first-order valence-electron chi connectivity index (χ1n) is 7.47. The first-order chi connectivity index (χ1) is 9.01. The highest BCUT2D eigenvalue weighted by Gasteiger charge is 2.29. The van der Waals surface area contributed by atoms with Crippen molar-refractivity contribution in [1.82, 2.24) is 25.5 Å². The van der Waals surface area contributed by atoms with Gasteiger partial charge >= 0.3 is 0 Å². The van der Waals surface area contributed by atoms with Crippen LogP contribution >= 0.6 is 0 Å². The molecule has 1 heterocycles. The zero-order valence-corrected chi connectivity index (χ0v) is 13.1. The van der Waals surface area contributed by atoms with E-state index in [9.17, 15) is 0 Å². The second-order valence-corrected chi connectivity index (χ2v) is 5.86. The number of unbranched alkanes of at least 4 members (excludes halogenated alkanes) is 1. The Labute approximate surface area is 117 Å². The number of hydrogen-bond donors (Lipinski definition) is 1. The zero-order chi connectivity index (χ0) is 14.3. The SMILES string of the molecule is CCCCC(CC)(CNC(C)C)Cc1nnn(C)n1. The summed E-state index contributed by atoms with van der Waals surface area (Å²) in [5, 5.41) is 16.0. The molecular formula is C14H29N5. The summed E-state index contributed by atoms with van der Waals surface area (Å²) in [7, 11) is 1.82. The molecule has 0 amide bonds. The van der Waals surface area contributed by atoms with E-state index in [4.69, 9.17) is 0 Å². The van der Waals surface area contributed by atoms with E-state index in [1.54, 1.807) is 4.80 Å². The van der Waals surface area contributed by atoms with Gasteiger partial charge in [0.1, 0.15) is 0 Å². The number of rotatable bonds is 9. The van der Waals surface area contributed by atoms with Gasteiger partial charge in [-0.1, -0.05) is 40.5 Å². The summed E-state index contributed by atoms with van der Waals surface area (Å²) >= 11 is 0. The smallest absolute Gasteiger partial charge is 0.175 e. The fraction of sp³-hybridized carbons (Fsp3) is 0.929. The molecule has 1 rings (SSSR count). The molecule has 0 saturated carbocycles. The van der Waals surface area contributed by atoms with Crippen molar-refractivity contribution in [3.8, 4) is 0 Å². The molecule has 0 spiro atoms. The maximum absolute atomic E-state index is 4.35. The summed E-state index contributed by atoms with van der Waals surface area (Å²) in [5.74, 6) is 0.867. The summed E-state index contributed by atoms with van der Waals surface area (Å²) in [6, 6.07) is 0.516. The third-order valence-corrected chi connectivity index (χ3v) is 3.78.